The number of rotatable bonds is 7. The van der Waals surface area contributed by atoms with Crippen molar-refractivity contribution in [2.45, 2.75) is 12.8 Å². The Morgan fingerprint density at radius 2 is 1.91 bits per heavy atom. The Kier molecular flexibility index (Phi) is 5.42. The lowest BCUT2D eigenvalue weighted by molar-refractivity contribution is 0.0951. The van der Waals surface area contributed by atoms with Crippen LogP contribution in [0.2, 0.25) is 0 Å². The van der Waals surface area contributed by atoms with Crippen LogP contribution in [0.3, 0.4) is 0 Å². The van der Waals surface area contributed by atoms with Crippen LogP contribution < -0.4 is 10.5 Å². The number of hydrogen-bond donors (Lipinski definition) is 1. The van der Waals surface area contributed by atoms with Gasteiger partial charge in [-0.05, 0) is 18.6 Å². The molecular formula is C17H15N3O3. The Hall–Kier alpha value is -3.20. The van der Waals surface area contributed by atoms with E-state index in [0.29, 0.717) is 30.0 Å². The predicted octanol–water partition coefficient (Wildman–Crippen LogP) is 2.09. The van der Waals surface area contributed by atoms with E-state index in [-0.39, 0.29) is 17.8 Å². The van der Waals surface area contributed by atoms with Crippen LogP contribution in [0.5, 0.6) is 5.88 Å². The quantitative estimate of drug-likeness (QED) is 0.622. The number of nitrogens with two attached hydrogens (primary N) is 1. The summed E-state index contributed by atoms with van der Waals surface area (Å²) >= 11 is 0. The number of aromatic nitrogens is 1. The van der Waals surface area contributed by atoms with E-state index in [9.17, 15) is 9.59 Å². The Morgan fingerprint density at radius 3 is 2.52 bits per heavy atom. The molecule has 1 aromatic carbocycles. The highest BCUT2D eigenvalue weighted by molar-refractivity contribution is 6.07. The third-order valence-corrected chi connectivity index (χ3v) is 3.16. The van der Waals surface area contributed by atoms with Crippen LogP contribution in [0.15, 0.2) is 42.6 Å². The number of primary amides is 1. The van der Waals surface area contributed by atoms with Crippen molar-refractivity contribution in [3.63, 3.8) is 0 Å². The summed E-state index contributed by atoms with van der Waals surface area (Å²) in [6, 6.07) is 11.7. The Bertz CT molecular complexity index is 748. The molecule has 1 heterocycles. The Balaban J connectivity index is 1.85. The number of ether oxygens (including phenoxy) is 1. The maximum Gasteiger partial charge on any atom is 0.249 e. The number of nitriles is 1. The van der Waals surface area contributed by atoms with Crippen LogP contribution in [0.4, 0.5) is 0 Å². The third kappa shape index (κ3) is 4.38. The second-order valence-corrected chi connectivity index (χ2v) is 4.78. The number of pyridine rings is 1. The number of benzene rings is 1. The van der Waals surface area contributed by atoms with Gasteiger partial charge in [0.05, 0.1) is 12.2 Å². The van der Waals surface area contributed by atoms with Gasteiger partial charge in [-0.3, -0.25) is 9.59 Å². The lowest BCUT2D eigenvalue weighted by atomic mass is 10.0. The molecule has 0 saturated heterocycles. The number of carbonyl (C=O) groups excluding carboxylic acids is 2. The van der Waals surface area contributed by atoms with Crippen molar-refractivity contribution in [3.8, 4) is 11.9 Å². The average Bonchev–Trinajstić information content (AvgIpc) is 2.59. The van der Waals surface area contributed by atoms with E-state index in [1.165, 1.54) is 12.3 Å². The molecule has 2 aromatic rings. The fraction of sp³-hybridized carbons (Fsp3) is 0.176. The summed E-state index contributed by atoms with van der Waals surface area (Å²) in [5.41, 5.74) is 6.27. The molecule has 2 N–H and O–H groups in total. The van der Waals surface area contributed by atoms with Gasteiger partial charge in [0.25, 0.3) is 0 Å². The Morgan fingerprint density at radius 1 is 1.17 bits per heavy atom. The SMILES string of the molecule is N#Cc1ccc(OCCCC(=O)c2ccccc2C(N)=O)nc1. The number of hydrogen-bond acceptors (Lipinski definition) is 5. The molecule has 0 spiro atoms. The molecule has 0 radical (unpaired) electrons. The number of Topliss-reactive ketones (excluding diaryl/α,β-unsaturated/α-hetero) is 1. The van der Waals surface area contributed by atoms with E-state index in [4.69, 9.17) is 15.7 Å². The van der Waals surface area contributed by atoms with E-state index >= 15 is 0 Å². The fourth-order valence-electron chi connectivity index (χ4n) is 2.02. The molecule has 0 aliphatic heterocycles. The van der Waals surface area contributed by atoms with E-state index < -0.39 is 5.91 Å². The molecule has 6 nitrogen and oxygen atoms in total. The molecule has 6 heteroatoms. The molecule has 0 unspecified atom stereocenters. The molecule has 0 bridgehead atoms. The average molecular weight is 309 g/mol. The van der Waals surface area contributed by atoms with E-state index in [0.717, 1.165) is 0 Å². The summed E-state index contributed by atoms with van der Waals surface area (Å²) in [5, 5.41) is 8.67. The van der Waals surface area contributed by atoms with Gasteiger partial charge in [0.1, 0.15) is 6.07 Å². The number of nitrogens with zero attached hydrogens (tertiary/aromatic N) is 2. The molecular weight excluding hydrogens is 294 g/mol. The second kappa shape index (κ2) is 7.71. The fourth-order valence-corrected chi connectivity index (χ4v) is 2.02. The first kappa shape index (κ1) is 16.2. The van der Waals surface area contributed by atoms with Crippen molar-refractivity contribution in [2.75, 3.05) is 6.61 Å². The molecule has 0 aliphatic carbocycles. The second-order valence-electron chi connectivity index (χ2n) is 4.78. The van der Waals surface area contributed by atoms with Crippen LogP contribution in [0, 0.1) is 11.3 Å². The van der Waals surface area contributed by atoms with Crippen molar-refractivity contribution >= 4 is 11.7 Å². The number of ketones is 1. The minimum atomic E-state index is -0.619. The van der Waals surface area contributed by atoms with Crippen molar-refractivity contribution in [2.24, 2.45) is 5.73 Å². The van der Waals surface area contributed by atoms with Gasteiger partial charge in [-0.1, -0.05) is 18.2 Å². The van der Waals surface area contributed by atoms with Crippen molar-refractivity contribution in [3.05, 3.63) is 59.3 Å². The number of carbonyl (C=O) groups is 2. The Labute approximate surface area is 133 Å². The van der Waals surface area contributed by atoms with Gasteiger partial charge in [-0.15, -0.1) is 0 Å². The smallest absolute Gasteiger partial charge is 0.249 e. The van der Waals surface area contributed by atoms with Gasteiger partial charge in [0.2, 0.25) is 11.8 Å². The lowest BCUT2D eigenvalue weighted by Gasteiger charge is -2.07. The molecule has 1 aromatic heterocycles. The van der Waals surface area contributed by atoms with Gasteiger partial charge in [0, 0.05) is 29.8 Å². The summed E-state index contributed by atoms with van der Waals surface area (Å²) in [6.45, 7) is 0.309. The minimum Gasteiger partial charge on any atom is -0.478 e. The third-order valence-electron chi connectivity index (χ3n) is 3.16. The van der Waals surface area contributed by atoms with Crippen molar-refractivity contribution in [1.29, 1.82) is 5.26 Å². The minimum absolute atomic E-state index is 0.157. The summed E-state index contributed by atoms with van der Waals surface area (Å²) in [7, 11) is 0. The van der Waals surface area contributed by atoms with Gasteiger partial charge < -0.3 is 10.5 Å². The van der Waals surface area contributed by atoms with E-state index in [2.05, 4.69) is 4.98 Å². The summed E-state index contributed by atoms with van der Waals surface area (Å²) in [6.07, 6.45) is 2.14. The van der Waals surface area contributed by atoms with E-state index in [1.807, 2.05) is 6.07 Å². The zero-order valence-electron chi connectivity index (χ0n) is 12.4. The summed E-state index contributed by atoms with van der Waals surface area (Å²) in [4.78, 5) is 27.4. The highest BCUT2D eigenvalue weighted by Gasteiger charge is 2.14. The summed E-state index contributed by atoms with van der Waals surface area (Å²) < 4.78 is 5.41. The zero-order valence-corrected chi connectivity index (χ0v) is 12.4. The van der Waals surface area contributed by atoms with Crippen LogP contribution in [-0.4, -0.2) is 23.3 Å². The molecule has 1 amide bonds. The van der Waals surface area contributed by atoms with E-state index in [1.54, 1.807) is 30.3 Å². The first-order chi connectivity index (χ1) is 11.1. The van der Waals surface area contributed by atoms with Gasteiger partial charge in [0.15, 0.2) is 5.78 Å². The van der Waals surface area contributed by atoms with Crippen LogP contribution in [0.1, 0.15) is 39.1 Å². The topological polar surface area (TPSA) is 106 Å². The molecule has 2 rings (SSSR count). The van der Waals surface area contributed by atoms with Crippen molar-refractivity contribution < 1.29 is 14.3 Å². The predicted molar refractivity (Wildman–Crippen MR) is 83.0 cm³/mol. The number of amides is 1. The van der Waals surface area contributed by atoms with Crippen LogP contribution in [-0.2, 0) is 0 Å². The molecule has 0 atom stereocenters. The molecule has 0 saturated carbocycles. The summed E-state index contributed by atoms with van der Waals surface area (Å²) in [5.74, 6) is -0.378. The first-order valence-corrected chi connectivity index (χ1v) is 7.03. The molecule has 116 valence electrons. The van der Waals surface area contributed by atoms with Crippen LogP contribution >= 0.6 is 0 Å². The normalized spacial score (nSPS) is 9.87. The standard InChI is InChI=1S/C17H15N3O3/c18-10-12-7-8-16(20-11-12)23-9-3-6-15(21)13-4-1-2-5-14(13)17(19)22/h1-2,4-5,7-8,11H,3,6,9H2,(H2,19,22). The molecule has 0 aliphatic rings. The largest absolute Gasteiger partial charge is 0.478 e. The molecule has 23 heavy (non-hydrogen) atoms. The zero-order chi connectivity index (χ0) is 16.7. The highest BCUT2D eigenvalue weighted by atomic mass is 16.5. The van der Waals surface area contributed by atoms with Crippen LogP contribution in [0.25, 0.3) is 0 Å². The highest BCUT2D eigenvalue weighted by Crippen LogP contribution is 2.13. The maximum absolute atomic E-state index is 12.1. The monoisotopic (exact) mass is 309 g/mol. The lowest BCUT2D eigenvalue weighted by Crippen LogP contribution is -2.16. The first-order valence-electron chi connectivity index (χ1n) is 7.03. The van der Waals surface area contributed by atoms with Crippen molar-refractivity contribution in [1.82, 2.24) is 4.98 Å². The van der Waals surface area contributed by atoms with Gasteiger partial charge >= 0.3 is 0 Å². The maximum atomic E-state index is 12.1. The molecule has 0 fully saturated rings. The van der Waals surface area contributed by atoms with Gasteiger partial charge in [-0.25, -0.2) is 4.98 Å². The van der Waals surface area contributed by atoms with Gasteiger partial charge in [-0.2, -0.15) is 5.26 Å².